The lowest BCUT2D eigenvalue weighted by molar-refractivity contribution is -0.147. The minimum absolute atomic E-state index is 0.0972. The first-order valence-electron chi connectivity index (χ1n) is 7.67. The van der Waals surface area contributed by atoms with E-state index in [9.17, 15) is 9.59 Å². The quantitative estimate of drug-likeness (QED) is 0.601. The number of carbonyl (C=O) groups excluding carboxylic acids is 1. The number of esters is 1. The lowest BCUT2D eigenvalue weighted by atomic mass is 10.1. The van der Waals surface area contributed by atoms with Crippen molar-refractivity contribution in [2.75, 3.05) is 7.11 Å². The Morgan fingerprint density at radius 3 is 2.38 bits per heavy atom. The largest absolute Gasteiger partial charge is 0.471 e. The number of rotatable bonds is 4. The van der Waals surface area contributed by atoms with E-state index in [-0.39, 0.29) is 16.9 Å². The first kappa shape index (κ1) is 18.3. The molecule has 0 saturated heterocycles. The van der Waals surface area contributed by atoms with Gasteiger partial charge in [-0.1, -0.05) is 23.2 Å². The van der Waals surface area contributed by atoms with Gasteiger partial charge >= 0.3 is 5.97 Å². The van der Waals surface area contributed by atoms with Crippen LogP contribution < -0.4 is 10.2 Å². The van der Waals surface area contributed by atoms with Crippen LogP contribution in [0.1, 0.15) is 6.92 Å². The van der Waals surface area contributed by atoms with Gasteiger partial charge in [-0.05, 0) is 49.4 Å². The maximum absolute atomic E-state index is 13.0. The van der Waals surface area contributed by atoms with Crippen molar-refractivity contribution in [3.05, 3.63) is 62.7 Å². The van der Waals surface area contributed by atoms with E-state index >= 15 is 0 Å². The zero-order valence-electron chi connectivity index (χ0n) is 13.9. The summed E-state index contributed by atoms with van der Waals surface area (Å²) in [7, 11) is 1.24. The molecule has 7 heteroatoms. The second-order valence-electron chi connectivity index (χ2n) is 5.52. The lowest BCUT2D eigenvalue weighted by Gasteiger charge is -2.15. The Morgan fingerprint density at radius 1 is 1.08 bits per heavy atom. The van der Waals surface area contributed by atoms with E-state index in [0.717, 1.165) is 0 Å². The van der Waals surface area contributed by atoms with Crippen LogP contribution in [0.3, 0.4) is 0 Å². The number of halogens is 2. The topological polar surface area (TPSA) is 65.7 Å². The molecule has 0 spiro atoms. The van der Waals surface area contributed by atoms with Crippen molar-refractivity contribution in [3.63, 3.8) is 0 Å². The molecule has 134 valence electrons. The van der Waals surface area contributed by atoms with Gasteiger partial charge in [0.25, 0.3) is 0 Å². The highest BCUT2D eigenvalue weighted by Gasteiger charge is 2.23. The summed E-state index contributed by atoms with van der Waals surface area (Å²) < 4.78 is 16.2. The molecular formula is C19H14Cl2O5. The third kappa shape index (κ3) is 3.54. The van der Waals surface area contributed by atoms with Gasteiger partial charge in [-0.25, -0.2) is 4.79 Å². The van der Waals surface area contributed by atoms with Crippen LogP contribution in [0.4, 0.5) is 0 Å². The number of benzene rings is 2. The maximum Gasteiger partial charge on any atom is 0.346 e. The molecule has 0 fully saturated rings. The molecule has 1 heterocycles. The summed E-state index contributed by atoms with van der Waals surface area (Å²) in [5, 5.41) is 1.17. The van der Waals surface area contributed by atoms with Crippen LogP contribution in [0.5, 0.6) is 5.75 Å². The molecule has 1 aromatic heterocycles. The van der Waals surface area contributed by atoms with E-state index in [1.54, 1.807) is 36.4 Å². The van der Waals surface area contributed by atoms with Crippen molar-refractivity contribution in [3.8, 4) is 17.1 Å². The summed E-state index contributed by atoms with van der Waals surface area (Å²) in [4.78, 5) is 24.7. The van der Waals surface area contributed by atoms with Gasteiger partial charge in [-0.3, -0.25) is 4.79 Å². The molecule has 0 radical (unpaired) electrons. The molecule has 0 aliphatic carbocycles. The van der Waals surface area contributed by atoms with Gasteiger partial charge in [0.1, 0.15) is 5.58 Å². The number of methoxy groups -OCH3 is 1. The minimum atomic E-state index is -0.995. The van der Waals surface area contributed by atoms with Crippen LogP contribution >= 0.6 is 23.2 Å². The van der Waals surface area contributed by atoms with Crippen molar-refractivity contribution in [2.24, 2.45) is 0 Å². The monoisotopic (exact) mass is 392 g/mol. The molecular weight excluding hydrogens is 379 g/mol. The van der Waals surface area contributed by atoms with Gasteiger partial charge in [-0.15, -0.1) is 0 Å². The van der Waals surface area contributed by atoms with Crippen LogP contribution in [-0.4, -0.2) is 19.2 Å². The van der Waals surface area contributed by atoms with Crippen molar-refractivity contribution in [2.45, 2.75) is 13.0 Å². The van der Waals surface area contributed by atoms with E-state index in [1.165, 1.54) is 20.1 Å². The number of hydrogen-bond donors (Lipinski definition) is 0. The highest BCUT2D eigenvalue weighted by molar-refractivity contribution is 6.31. The Balaban J connectivity index is 2.25. The molecule has 0 aliphatic heterocycles. The zero-order valence-corrected chi connectivity index (χ0v) is 15.4. The minimum Gasteiger partial charge on any atom is -0.471 e. The van der Waals surface area contributed by atoms with Crippen LogP contribution in [0.25, 0.3) is 22.3 Å². The van der Waals surface area contributed by atoms with E-state index in [4.69, 9.17) is 32.4 Å². The first-order chi connectivity index (χ1) is 12.4. The predicted octanol–water partition coefficient (Wildman–Crippen LogP) is 4.71. The van der Waals surface area contributed by atoms with Crippen molar-refractivity contribution >= 4 is 40.1 Å². The molecule has 0 amide bonds. The Labute approximate surface area is 159 Å². The van der Waals surface area contributed by atoms with Gasteiger partial charge < -0.3 is 13.9 Å². The summed E-state index contributed by atoms with van der Waals surface area (Å²) in [6, 6.07) is 11.4. The van der Waals surface area contributed by atoms with Crippen LogP contribution in [0, 0.1) is 0 Å². The number of carbonyl (C=O) groups is 1. The fraction of sp³-hybridized carbons (Fsp3) is 0.158. The van der Waals surface area contributed by atoms with Crippen molar-refractivity contribution < 1.29 is 18.7 Å². The molecule has 0 saturated carbocycles. The normalized spacial score (nSPS) is 12.0. The summed E-state index contributed by atoms with van der Waals surface area (Å²) in [5.74, 6) is -0.519. The van der Waals surface area contributed by atoms with Crippen LogP contribution in [0.2, 0.25) is 10.0 Å². The molecule has 5 nitrogen and oxygen atoms in total. The summed E-state index contributed by atoms with van der Waals surface area (Å²) in [5.41, 5.74) is 0.493. The molecule has 0 bridgehead atoms. The zero-order chi connectivity index (χ0) is 18.8. The molecule has 0 aliphatic rings. The number of hydrogen-bond acceptors (Lipinski definition) is 5. The van der Waals surface area contributed by atoms with Crippen molar-refractivity contribution in [1.29, 1.82) is 0 Å². The third-order valence-electron chi connectivity index (χ3n) is 3.74. The van der Waals surface area contributed by atoms with Crippen LogP contribution in [0.15, 0.2) is 51.7 Å². The fourth-order valence-electron chi connectivity index (χ4n) is 2.44. The van der Waals surface area contributed by atoms with Gasteiger partial charge in [0.2, 0.25) is 11.2 Å². The van der Waals surface area contributed by atoms with Gasteiger partial charge in [-0.2, -0.15) is 0 Å². The third-order valence-corrected chi connectivity index (χ3v) is 4.23. The van der Waals surface area contributed by atoms with Crippen LogP contribution in [-0.2, 0) is 9.53 Å². The molecule has 3 rings (SSSR count). The van der Waals surface area contributed by atoms with E-state index < -0.39 is 17.5 Å². The standard InChI is InChI=1S/C19H14Cl2O5/c1-10(19(23)24-2)25-18-16(22)14-9-13(21)7-8-15(14)26-17(18)11-3-5-12(20)6-4-11/h3-10H,1-2H3. The summed E-state index contributed by atoms with van der Waals surface area (Å²) in [6.07, 6.45) is -0.995. The Hall–Kier alpha value is -2.50. The summed E-state index contributed by atoms with van der Waals surface area (Å²) >= 11 is 11.9. The van der Waals surface area contributed by atoms with E-state index in [2.05, 4.69) is 4.74 Å². The SMILES string of the molecule is COC(=O)C(C)Oc1c(-c2ccc(Cl)cc2)oc2ccc(Cl)cc2c1=O. The number of ether oxygens (including phenoxy) is 2. The second-order valence-corrected chi connectivity index (χ2v) is 6.39. The van der Waals surface area contributed by atoms with E-state index in [1.807, 2.05) is 0 Å². The predicted molar refractivity (Wildman–Crippen MR) is 100 cm³/mol. The van der Waals surface area contributed by atoms with Gasteiger partial charge in [0.05, 0.1) is 12.5 Å². The Kier molecular flexibility index (Phi) is 5.20. The lowest BCUT2D eigenvalue weighted by Crippen LogP contribution is -2.27. The molecule has 26 heavy (non-hydrogen) atoms. The van der Waals surface area contributed by atoms with Crippen molar-refractivity contribution in [1.82, 2.24) is 0 Å². The Morgan fingerprint density at radius 2 is 1.73 bits per heavy atom. The molecule has 0 N–H and O–H groups in total. The average Bonchev–Trinajstić information content (AvgIpc) is 2.64. The Bertz CT molecular complexity index is 1020. The highest BCUT2D eigenvalue weighted by atomic mass is 35.5. The smallest absolute Gasteiger partial charge is 0.346 e. The summed E-state index contributed by atoms with van der Waals surface area (Å²) in [6.45, 7) is 1.49. The fourth-order valence-corrected chi connectivity index (χ4v) is 2.74. The first-order valence-corrected chi connectivity index (χ1v) is 8.43. The maximum atomic E-state index is 13.0. The highest BCUT2D eigenvalue weighted by Crippen LogP contribution is 2.33. The molecule has 1 atom stereocenters. The second kappa shape index (κ2) is 7.40. The molecule has 3 aromatic rings. The van der Waals surface area contributed by atoms with E-state index in [0.29, 0.717) is 21.2 Å². The number of fused-ring (bicyclic) bond motifs is 1. The van der Waals surface area contributed by atoms with Gasteiger partial charge in [0, 0.05) is 15.6 Å². The average molecular weight is 393 g/mol. The molecule has 1 unspecified atom stereocenters. The molecule has 2 aromatic carbocycles. The van der Waals surface area contributed by atoms with Gasteiger partial charge in [0.15, 0.2) is 11.9 Å².